The highest BCUT2D eigenvalue weighted by molar-refractivity contribution is 5.26. The van der Waals surface area contributed by atoms with E-state index in [1.165, 1.54) is 24.8 Å². The molecule has 0 amide bonds. The third-order valence-corrected chi connectivity index (χ3v) is 3.21. The van der Waals surface area contributed by atoms with Crippen molar-refractivity contribution in [2.24, 2.45) is 11.8 Å². The van der Waals surface area contributed by atoms with Gasteiger partial charge in [-0.15, -0.1) is 0 Å². The van der Waals surface area contributed by atoms with Crippen LogP contribution in [-0.4, -0.2) is 0 Å². The van der Waals surface area contributed by atoms with Crippen LogP contribution in [0.1, 0.15) is 47.0 Å². The van der Waals surface area contributed by atoms with Crippen molar-refractivity contribution in [1.29, 1.82) is 0 Å². The van der Waals surface area contributed by atoms with E-state index in [0.29, 0.717) is 0 Å². The third kappa shape index (κ3) is 3.02. The van der Waals surface area contributed by atoms with E-state index in [-0.39, 0.29) is 0 Å². The van der Waals surface area contributed by atoms with Crippen LogP contribution >= 0.6 is 0 Å². The van der Waals surface area contributed by atoms with Crippen molar-refractivity contribution in [3.8, 4) is 0 Å². The number of hydrogen-bond donors (Lipinski definition) is 0. The maximum atomic E-state index is 2.38. The zero-order valence-corrected chi connectivity index (χ0v) is 9.43. The Hall–Kier alpha value is -0.520. The molecule has 1 aliphatic carbocycles. The van der Waals surface area contributed by atoms with Crippen molar-refractivity contribution in [3.05, 3.63) is 23.3 Å². The van der Waals surface area contributed by atoms with Gasteiger partial charge in [-0.2, -0.15) is 0 Å². The molecule has 0 aromatic heterocycles. The molecule has 0 saturated heterocycles. The van der Waals surface area contributed by atoms with Crippen molar-refractivity contribution < 1.29 is 0 Å². The van der Waals surface area contributed by atoms with Gasteiger partial charge < -0.3 is 0 Å². The first-order valence-corrected chi connectivity index (χ1v) is 5.48. The summed E-state index contributed by atoms with van der Waals surface area (Å²) < 4.78 is 0. The fraction of sp³-hybridized carbons (Fsp3) is 0.692. The summed E-state index contributed by atoms with van der Waals surface area (Å²) in [6.45, 7) is 9.12. The molecule has 0 fully saturated rings. The Morgan fingerprint density at radius 1 is 1.46 bits per heavy atom. The first kappa shape index (κ1) is 10.6. The van der Waals surface area contributed by atoms with Crippen LogP contribution in [-0.2, 0) is 0 Å². The topological polar surface area (TPSA) is 0 Å². The molecule has 0 nitrogen and oxygen atoms in total. The molecule has 0 heteroatoms. The van der Waals surface area contributed by atoms with Gasteiger partial charge in [0.15, 0.2) is 0 Å². The predicted molar refractivity (Wildman–Crippen MR) is 59.7 cm³/mol. The zero-order chi connectivity index (χ0) is 9.84. The molecule has 0 radical (unpaired) electrons. The van der Waals surface area contributed by atoms with Crippen molar-refractivity contribution in [2.45, 2.75) is 47.0 Å². The van der Waals surface area contributed by atoms with E-state index in [1.807, 2.05) is 0 Å². The molecule has 74 valence electrons. The molecular formula is C13H22. The molecule has 0 aromatic carbocycles. The Bertz CT molecular complexity index is 220. The third-order valence-electron chi connectivity index (χ3n) is 3.21. The van der Waals surface area contributed by atoms with Gasteiger partial charge in [0.1, 0.15) is 0 Å². The van der Waals surface area contributed by atoms with Crippen molar-refractivity contribution in [1.82, 2.24) is 0 Å². The van der Waals surface area contributed by atoms with E-state index in [4.69, 9.17) is 0 Å². The smallest absolute Gasteiger partial charge is 0.0165 e. The summed E-state index contributed by atoms with van der Waals surface area (Å²) in [6.07, 6.45) is 8.66. The maximum absolute atomic E-state index is 2.38. The van der Waals surface area contributed by atoms with E-state index in [0.717, 1.165) is 11.8 Å². The largest absolute Gasteiger partial charge is 0.0810 e. The average Bonchev–Trinajstić information content (AvgIpc) is 2.09. The number of hydrogen-bond acceptors (Lipinski definition) is 0. The number of allylic oxidation sites excluding steroid dienone is 4. The zero-order valence-electron chi connectivity index (χ0n) is 9.43. The summed E-state index contributed by atoms with van der Waals surface area (Å²) in [7, 11) is 0. The summed E-state index contributed by atoms with van der Waals surface area (Å²) in [5.74, 6) is 1.69. The second-order valence-electron chi connectivity index (χ2n) is 4.52. The lowest BCUT2D eigenvalue weighted by Crippen LogP contribution is -2.09. The molecule has 0 bridgehead atoms. The van der Waals surface area contributed by atoms with Crippen LogP contribution in [0, 0.1) is 11.8 Å². The molecular weight excluding hydrogens is 156 g/mol. The van der Waals surface area contributed by atoms with Crippen LogP contribution < -0.4 is 0 Å². The molecule has 2 atom stereocenters. The molecule has 0 aliphatic heterocycles. The van der Waals surface area contributed by atoms with Gasteiger partial charge in [0, 0.05) is 0 Å². The Morgan fingerprint density at radius 3 is 2.69 bits per heavy atom. The summed E-state index contributed by atoms with van der Waals surface area (Å²) in [5.41, 5.74) is 3.03. The summed E-state index contributed by atoms with van der Waals surface area (Å²) in [4.78, 5) is 0. The molecule has 0 saturated carbocycles. The molecule has 1 aliphatic rings. The molecule has 13 heavy (non-hydrogen) atoms. The van der Waals surface area contributed by atoms with E-state index in [9.17, 15) is 0 Å². The molecule has 0 heterocycles. The lowest BCUT2D eigenvalue weighted by atomic mass is 9.83. The summed E-state index contributed by atoms with van der Waals surface area (Å²) in [5, 5.41) is 0. The lowest BCUT2D eigenvalue weighted by Gasteiger charge is -2.23. The first-order chi connectivity index (χ1) is 6.13. The van der Waals surface area contributed by atoms with Crippen molar-refractivity contribution >= 4 is 0 Å². The van der Waals surface area contributed by atoms with Gasteiger partial charge in [-0.05, 0) is 38.5 Å². The molecule has 0 aromatic rings. The van der Waals surface area contributed by atoms with Crippen LogP contribution in [0.5, 0.6) is 0 Å². The molecule has 0 spiro atoms. The van der Waals surface area contributed by atoms with Crippen LogP contribution in [0.25, 0.3) is 0 Å². The minimum Gasteiger partial charge on any atom is -0.0810 e. The fourth-order valence-electron chi connectivity index (χ4n) is 1.98. The summed E-state index contributed by atoms with van der Waals surface area (Å²) in [6, 6.07) is 0. The van der Waals surface area contributed by atoms with Crippen molar-refractivity contribution in [2.75, 3.05) is 0 Å². The van der Waals surface area contributed by atoms with Gasteiger partial charge in [-0.3, -0.25) is 0 Å². The van der Waals surface area contributed by atoms with Crippen LogP contribution in [0.15, 0.2) is 23.3 Å². The minimum atomic E-state index is 0.818. The lowest BCUT2D eigenvalue weighted by molar-refractivity contribution is 0.420. The maximum Gasteiger partial charge on any atom is -0.0165 e. The average molecular weight is 178 g/mol. The van der Waals surface area contributed by atoms with Gasteiger partial charge in [-0.1, -0.05) is 43.6 Å². The second-order valence-corrected chi connectivity index (χ2v) is 4.52. The van der Waals surface area contributed by atoms with Crippen LogP contribution in [0.3, 0.4) is 0 Å². The predicted octanol–water partition coefficient (Wildman–Crippen LogP) is 4.34. The highest BCUT2D eigenvalue weighted by atomic mass is 14.2. The van der Waals surface area contributed by atoms with E-state index < -0.39 is 0 Å². The van der Waals surface area contributed by atoms with Crippen LogP contribution in [0.2, 0.25) is 0 Å². The Morgan fingerprint density at radius 2 is 2.15 bits per heavy atom. The van der Waals surface area contributed by atoms with Crippen LogP contribution in [0.4, 0.5) is 0 Å². The van der Waals surface area contributed by atoms with Gasteiger partial charge >= 0.3 is 0 Å². The Balaban J connectivity index is 2.51. The normalized spacial score (nSPS) is 25.1. The number of rotatable bonds is 3. The Kier molecular flexibility index (Phi) is 3.77. The quantitative estimate of drug-likeness (QED) is 0.603. The van der Waals surface area contributed by atoms with Crippen molar-refractivity contribution in [3.63, 3.8) is 0 Å². The highest BCUT2D eigenvalue weighted by Crippen LogP contribution is 2.29. The molecule has 1 rings (SSSR count). The minimum absolute atomic E-state index is 0.818. The monoisotopic (exact) mass is 178 g/mol. The highest BCUT2D eigenvalue weighted by Gasteiger charge is 2.15. The van der Waals surface area contributed by atoms with E-state index >= 15 is 0 Å². The van der Waals surface area contributed by atoms with Gasteiger partial charge in [0.2, 0.25) is 0 Å². The summed E-state index contributed by atoms with van der Waals surface area (Å²) >= 11 is 0. The first-order valence-electron chi connectivity index (χ1n) is 5.48. The van der Waals surface area contributed by atoms with E-state index in [2.05, 4.69) is 39.8 Å². The second kappa shape index (κ2) is 4.64. The van der Waals surface area contributed by atoms with Gasteiger partial charge in [0.05, 0.1) is 0 Å². The molecule has 0 unspecified atom stereocenters. The molecule has 0 N–H and O–H groups in total. The van der Waals surface area contributed by atoms with Gasteiger partial charge in [-0.25, -0.2) is 0 Å². The SMILES string of the molecule is CC[C@H](C)C[C@@H]1CC=C(C)C=C1C. The fourth-order valence-corrected chi connectivity index (χ4v) is 1.98. The Labute approximate surface area is 82.7 Å². The standard InChI is InChI=1S/C13H22/c1-5-10(2)9-13-7-6-11(3)8-12(13)4/h6,8,10,13H,5,7,9H2,1-4H3/t10-,13-/m0/s1. The van der Waals surface area contributed by atoms with E-state index in [1.54, 1.807) is 5.57 Å². The van der Waals surface area contributed by atoms with Gasteiger partial charge in [0.25, 0.3) is 0 Å².